The Bertz CT molecular complexity index is 663. The van der Waals surface area contributed by atoms with Crippen LogP contribution >= 0.6 is 0 Å². The van der Waals surface area contributed by atoms with Gasteiger partial charge in [0.15, 0.2) is 5.78 Å². The van der Waals surface area contributed by atoms with E-state index in [9.17, 15) is 14.3 Å². The fourth-order valence-corrected chi connectivity index (χ4v) is 1.80. The Labute approximate surface area is 115 Å². The number of benzene rings is 2. The molecule has 0 radical (unpaired) electrons. The van der Waals surface area contributed by atoms with Crippen LogP contribution in [0.25, 0.3) is 6.08 Å². The molecule has 1 N–H and O–H groups in total. The summed E-state index contributed by atoms with van der Waals surface area (Å²) in [6.07, 6.45) is 2.57. The molecule has 2 aromatic carbocycles. The molecule has 2 aromatic rings. The molecule has 0 heterocycles. The molecular weight excluding hydrogens is 259 g/mol. The molecule has 0 aliphatic rings. The summed E-state index contributed by atoms with van der Waals surface area (Å²) < 4.78 is 18.5. The lowest BCUT2D eigenvalue weighted by Gasteiger charge is -2.07. The van der Waals surface area contributed by atoms with Gasteiger partial charge in [0.05, 0.1) is 7.11 Å². The number of carbonyl (C=O) groups is 1. The number of aromatic hydroxyl groups is 1. The van der Waals surface area contributed by atoms with Crippen LogP contribution in [0.15, 0.2) is 48.5 Å². The highest BCUT2D eigenvalue weighted by atomic mass is 19.1. The Hall–Kier alpha value is -2.62. The number of hydrogen-bond acceptors (Lipinski definition) is 3. The Kier molecular flexibility index (Phi) is 4.15. The third-order valence-electron chi connectivity index (χ3n) is 2.79. The van der Waals surface area contributed by atoms with Gasteiger partial charge in [-0.2, -0.15) is 0 Å². The highest BCUT2D eigenvalue weighted by Crippen LogP contribution is 2.28. The van der Waals surface area contributed by atoms with E-state index in [0.717, 1.165) is 0 Å². The summed E-state index contributed by atoms with van der Waals surface area (Å²) in [5.74, 6) is -0.773. The van der Waals surface area contributed by atoms with E-state index in [4.69, 9.17) is 4.74 Å². The molecule has 0 aliphatic carbocycles. The van der Waals surface area contributed by atoms with Crippen LogP contribution in [-0.4, -0.2) is 18.0 Å². The SMILES string of the molecule is COc1cccc(O)c1C(=O)/C=C/c1ccccc1F. The zero-order chi connectivity index (χ0) is 14.5. The molecule has 0 aliphatic heterocycles. The molecule has 0 aromatic heterocycles. The van der Waals surface area contributed by atoms with Crippen molar-refractivity contribution in [1.82, 2.24) is 0 Å². The molecule has 4 heteroatoms. The molecule has 0 saturated heterocycles. The molecule has 0 fully saturated rings. The lowest BCUT2D eigenvalue weighted by Crippen LogP contribution is -1.99. The van der Waals surface area contributed by atoms with Gasteiger partial charge in [-0.1, -0.05) is 24.3 Å². The standard InChI is InChI=1S/C16H13FO3/c1-20-15-8-4-7-13(18)16(15)14(19)10-9-11-5-2-3-6-12(11)17/h2-10,18H,1H3/b10-9+. The van der Waals surface area contributed by atoms with Crippen molar-refractivity contribution in [3.8, 4) is 11.5 Å². The number of phenols is 1. The van der Waals surface area contributed by atoms with Gasteiger partial charge in [0.2, 0.25) is 0 Å². The van der Waals surface area contributed by atoms with Crippen molar-refractivity contribution in [2.75, 3.05) is 7.11 Å². The van der Waals surface area contributed by atoms with Crippen molar-refractivity contribution in [3.63, 3.8) is 0 Å². The van der Waals surface area contributed by atoms with E-state index >= 15 is 0 Å². The van der Waals surface area contributed by atoms with Gasteiger partial charge in [0.25, 0.3) is 0 Å². The van der Waals surface area contributed by atoms with Crippen LogP contribution in [-0.2, 0) is 0 Å². The van der Waals surface area contributed by atoms with Crippen molar-refractivity contribution < 1.29 is 19.0 Å². The monoisotopic (exact) mass is 272 g/mol. The minimum Gasteiger partial charge on any atom is -0.507 e. The topological polar surface area (TPSA) is 46.5 Å². The lowest BCUT2D eigenvalue weighted by atomic mass is 10.1. The number of rotatable bonds is 4. The number of halogens is 1. The van der Waals surface area contributed by atoms with Gasteiger partial charge in [0.1, 0.15) is 22.9 Å². The Morgan fingerprint density at radius 1 is 1.20 bits per heavy atom. The van der Waals surface area contributed by atoms with E-state index in [-0.39, 0.29) is 17.1 Å². The molecule has 0 bridgehead atoms. The second-order valence-corrected chi connectivity index (χ2v) is 4.07. The van der Waals surface area contributed by atoms with Crippen LogP contribution in [0, 0.1) is 5.82 Å². The second kappa shape index (κ2) is 6.02. The molecule has 0 spiro atoms. The number of phenolic OH excluding ortho intramolecular Hbond substituents is 1. The predicted molar refractivity (Wildman–Crippen MR) is 74.4 cm³/mol. The molecule has 2 rings (SSSR count). The Morgan fingerprint density at radius 2 is 1.95 bits per heavy atom. The largest absolute Gasteiger partial charge is 0.507 e. The highest BCUT2D eigenvalue weighted by Gasteiger charge is 2.14. The van der Waals surface area contributed by atoms with E-state index in [1.165, 1.54) is 31.4 Å². The summed E-state index contributed by atoms with van der Waals surface area (Å²) in [6, 6.07) is 10.7. The van der Waals surface area contributed by atoms with Gasteiger partial charge in [-0.3, -0.25) is 4.79 Å². The van der Waals surface area contributed by atoms with Crippen molar-refractivity contribution >= 4 is 11.9 Å². The first kappa shape index (κ1) is 13.8. The molecule has 102 valence electrons. The molecule has 0 saturated carbocycles. The van der Waals surface area contributed by atoms with Crippen LogP contribution < -0.4 is 4.74 Å². The summed E-state index contributed by atoms with van der Waals surface area (Å²) in [4.78, 5) is 12.1. The quantitative estimate of drug-likeness (QED) is 0.685. The molecule has 3 nitrogen and oxygen atoms in total. The van der Waals surface area contributed by atoms with Crippen LogP contribution in [0.2, 0.25) is 0 Å². The van der Waals surface area contributed by atoms with Gasteiger partial charge in [-0.25, -0.2) is 4.39 Å². The van der Waals surface area contributed by atoms with Gasteiger partial charge in [-0.05, 0) is 30.4 Å². The maximum atomic E-state index is 13.4. The van der Waals surface area contributed by atoms with Gasteiger partial charge >= 0.3 is 0 Å². The number of allylic oxidation sites excluding steroid dienone is 1. The summed E-state index contributed by atoms with van der Waals surface area (Å²) >= 11 is 0. The highest BCUT2D eigenvalue weighted by molar-refractivity contribution is 6.10. The van der Waals surface area contributed by atoms with Gasteiger partial charge in [0, 0.05) is 5.56 Å². The second-order valence-electron chi connectivity index (χ2n) is 4.07. The third kappa shape index (κ3) is 2.85. The molecular formula is C16H13FO3. The molecule has 0 unspecified atom stereocenters. The summed E-state index contributed by atoms with van der Waals surface area (Å²) in [5.41, 5.74) is 0.359. The van der Waals surface area contributed by atoms with Crippen molar-refractivity contribution in [2.45, 2.75) is 0 Å². The van der Waals surface area contributed by atoms with E-state index in [1.54, 1.807) is 30.3 Å². The minimum absolute atomic E-state index is 0.0580. The van der Waals surface area contributed by atoms with E-state index in [2.05, 4.69) is 0 Å². The van der Waals surface area contributed by atoms with Gasteiger partial charge in [-0.15, -0.1) is 0 Å². The van der Waals surface area contributed by atoms with Gasteiger partial charge < -0.3 is 9.84 Å². The fraction of sp³-hybridized carbons (Fsp3) is 0.0625. The maximum absolute atomic E-state index is 13.4. The molecule has 0 amide bonds. The first-order valence-electron chi connectivity index (χ1n) is 5.96. The molecule has 20 heavy (non-hydrogen) atoms. The van der Waals surface area contributed by atoms with Crippen molar-refractivity contribution in [3.05, 3.63) is 65.5 Å². The number of carbonyl (C=O) groups excluding carboxylic acids is 1. The number of ether oxygens (including phenoxy) is 1. The normalized spacial score (nSPS) is 10.7. The summed E-state index contributed by atoms with van der Waals surface area (Å²) in [6.45, 7) is 0. The summed E-state index contributed by atoms with van der Waals surface area (Å²) in [5, 5.41) is 9.74. The Morgan fingerprint density at radius 3 is 2.65 bits per heavy atom. The third-order valence-corrected chi connectivity index (χ3v) is 2.79. The number of ketones is 1. The van der Waals surface area contributed by atoms with E-state index < -0.39 is 11.6 Å². The van der Waals surface area contributed by atoms with Crippen LogP contribution in [0.4, 0.5) is 4.39 Å². The summed E-state index contributed by atoms with van der Waals surface area (Å²) in [7, 11) is 1.41. The lowest BCUT2D eigenvalue weighted by molar-refractivity contribution is 0.104. The van der Waals surface area contributed by atoms with Crippen molar-refractivity contribution in [2.24, 2.45) is 0 Å². The predicted octanol–water partition coefficient (Wildman–Crippen LogP) is 3.44. The van der Waals surface area contributed by atoms with E-state index in [0.29, 0.717) is 5.56 Å². The van der Waals surface area contributed by atoms with Crippen LogP contribution in [0.3, 0.4) is 0 Å². The van der Waals surface area contributed by atoms with E-state index in [1.807, 2.05) is 0 Å². The zero-order valence-corrected chi connectivity index (χ0v) is 10.8. The number of hydrogen-bond donors (Lipinski definition) is 1. The maximum Gasteiger partial charge on any atom is 0.193 e. The van der Waals surface area contributed by atoms with Crippen LogP contribution in [0.1, 0.15) is 15.9 Å². The number of methoxy groups -OCH3 is 1. The zero-order valence-electron chi connectivity index (χ0n) is 10.8. The fourth-order valence-electron chi connectivity index (χ4n) is 1.80. The van der Waals surface area contributed by atoms with Crippen molar-refractivity contribution in [1.29, 1.82) is 0 Å². The van der Waals surface area contributed by atoms with Crippen LogP contribution in [0.5, 0.6) is 11.5 Å². The minimum atomic E-state index is -0.455. The Balaban J connectivity index is 2.32. The first-order chi connectivity index (χ1) is 9.63. The average Bonchev–Trinajstić information content (AvgIpc) is 2.45. The smallest absolute Gasteiger partial charge is 0.193 e. The average molecular weight is 272 g/mol. The first-order valence-corrected chi connectivity index (χ1v) is 5.96. The molecule has 0 atom stereocenters.